The molecule has 0 fully saturated rings. The van der Waals surface area contributed by atoms with Crippen molar-refractivity contribution in [1.82, 2.24) is 15.3 Å². The van der Waals surface area contributed by atoms with Gasteiger partial charge in [0.15, 0.2) is 0 Å². The number of rotatable bonds is 5. The lowest BCUT2D eigenvalue weighted by atomic mass is 10.2. The van der Waals surface area contributed by atoms with Gasteiger partial charge in [0.2, 0.25) is 0 Å². The number of benzene rings is 1. The lowest BCUT2D eigenvalue weighted by Gasteiger charge is -2.05. The number of ether oxygens (including phenoxy) is 1. The van der Waals surface area contributed by atoms with Crippen LogP contribution in [0.2, 0.25) is 0 Å². The van der Waals surface area contributed by atoms with E-state index in [0.717, 1.165) is 30.2 Å². The third kappa shape index (κ3) is 3.07. The number of nitrogens with one attached hydrogen (secondary N) is 2. The van der Waals surface area contributed by atoms with Crippen LogP contribution >= 0.6 is 0 Å². The highest BCUT2D eigenvalue weighted by atomic mass is 16.5. The second-order valence-electron chi connectivity index (χ2n) is 3.93. The Labute approximate surface area is 101 Å². The van der Waals surface area contributed by atoms with Gasteiger partial charge < -0.3 is 15.0 Å². The van der Waals surface area contributed by atoms with Crippen molar-refractivity contribution < 1.29 is 4.74 Å². The predicted molar refractivity (Wildman–Crippen MR) is 66.9 cm³/mol. The van der Waals surface area contributed by atoms with Crippen LogP contribution in [0.25, 0.3) is 0 Å². The smallest absolute Gasteiger partial charge is 0.118 e. The Morgan fingerprint density at radius 3 is 2.59 bits per heavy atom. The van der Waals surface area contributed by atoms with Crippen LogP contribution in [0, 0.1) is 6.92 Å². The highest BCUT2D eigenvalue weighted by molar-refractivity contribution is 5.27. The summed E-state index contributed by atoms with van der Waals surface area (Å²) in [5.41, 5.74) is 3.42. The lowest BCUT2D eigenvalue weighted by Crippen LogP contribution is -2.13. The zero-order chi connectivity index (χ0) is 12.1. The monoisotopic (exact) mass is 231 g/mol. The summed E-state index contributed by atoms with van der Waals surface area (Å²) in [6, 6.07) is 8.06. The molecule has 0 atom stereocenters. The van der Waals surface area contributed by atoms with E-state index < -0.39 is 0 Å². The Bertz CT molecular complexity index is 462. The zero-order valence-corrected chi connectivity index (χ0v) is 10.2. The summed E-state index contributed by atoms with van der Waals surface area (Å²) in [6.07, 6.45) is 1.72. The van der Waals surface area contributed by atoms with Gasteiger partial charge in [-0.2, -0.15) is 0 Å². The molecule has 0 aliphatic carbocycles. The molecule has 0 aliphatic heterocycles. The first-order chi connectivity index (χ1) is 8.29. The van der Waals surface area contributed by atoms with Crippen LogP contribution in [0.1, 0.15) is 17.0 Å². The van der Waals surface area contributed by atoms with Gasteiger partial charge in [-0.1, -0.05) is 12.1 Å². The molecule has 0 saturated carbocycles. The molecule has 2 N–H and O–H groups in total. The number of nitrogens with zero attached hydrogens (tertiary/aromatic N) is 1. The maximum absolute atomic E-state index is 5.11. The van der Waals surface area contributed by atoms with Gasteiger partial charge in [-0.15, -0.1) is 0 Å². The SMILES string of the molecule is COc1ccc(CNCc2nc[nH]c2C)cc1. The minimum Gasteiger partial charge on any atom is -0.497 e. The van der Waals surface area contributed by atoms with Crippen molar-refractivity contribution in [3.8, 4) is 5.75 Å². The molecule has 0 bridgehead atoms. The Morgan fingerprint density at radius 1 is 1.24 bits per heavy atom. The number of hydrogen-bond donors (Lipinski definition) is 2. The number of aromatic amines is 1. The van der Waals surface area contributed by atoms with E-state index in [1.165, 1.54) is 5.56 Å². The van der Waals surface area contributed by atoms with Crippen LogP contribution in [-0.4, -0.2) is 17.1 Å². The Hall–Kier alpha value is -1.81. The Morgan fingerprint density at radius 2 is 2.00 bits per heavy atom. The van der Waals surface area contributed by atoms with E-state index in [1.54, 1.807) is 13.4 Å². The summed E-state index contributed by atoms with van der Waals surface area (Å²) >= 11 is 0. The first-order valence-electron chi connectivity index (χ1n) is 5.62. The summed E-state index contributed by atoms with van der Waals surface area (Å²) < 4.78 is 5.11. The highest BCUT2D eigenvalue weighted by Gasteiger charge is 2.00. The van der Waals surface area contributed by atoms with E-state index in [9.17, 15) is 0 Å². The van der Waals surface area contributed by atoms with Crippen molar-refractivity contribution in [1.29, 1.82) is 0 Å². The topological polar surface area (TPSA) is 49.9 Å². The second-order valence-corrected chi connectivity index (χ2v) is 3.93. The van der Waals surface area contributed by atoms with Crippen LogP contribution in [0.3, 0.4) is 0 Å². The van der Waals surface area contributed by atoms with Crippen LogP contribution in [0.15, 0.2) is 30.6 Å². The Balaban J connectivity index is 1.83. The molecule has 4 nitrogen and oxygen atoms in total. The number of H-pyrrole nitrogens is 1. The summed E-state index contributed by atoms with van der Waals surface area (Å²) in [7, 11) is 1.67. The fraction of sp³-hybridized carbons (Fsp3) is 0.308. The average Bonchev–Trinajstić information content (AvgIpc) is 2.76. The fourth-order valence-electron chi connectivity index (χ4n) is 1.63. The van der Waals surface area contributed by atoms with Gasteiger partial charge in [0.05, 0.1) is 19.1 Å². The van der Waals surface area contributed by atoms with E-state index >= 15 is 0 Å². The van der Waals surface area contributed by atoms with Crippen molar-refractivity contribution in [2.45, 2.75) is 20.0 Å². The number of aromatic nitrogens is 2. The molecule has 17 heavy (non-hydrogen) atoms. The van der Waals surface area contributed by atoms with Gasteiger partial charge in [-0.3, -0.25) is 0 Å². The molecule has 2 rings (SSSR count). The third-order valence-corrected chi connectivity index (χ3v) is 2.71. The number of hydrogen-bond acceptors (Lipinski definition) is 3. The minimum atomic E-state index is 0.779. The van der Waals surface area contributed by atoms with Gasteiger partial charge in [0.25, 0.3) is 0 Å². The molecule has 4 heteroatoms. The molecule has 1 heterocycles. The second kappa shape index (κ2) is 5.50. The molecule has 1 aromatic heterocycles. The molecule has 0 saturated heterocycles. The van der Waals surface area contributed by atoms with Gasteiger partial charge in [-0.25, -0.2) is 4.98 Å². The Kier molecular flexibility index (Phi) is 3.77. The molecule has 0 amide bonds. The van der Waals surface area contributed by atoms with Crippen molar-refractivity contribution in [3.63, 3.8) is 0 Å². The molecule has 0 spiro atoms. The van der Waals surface area contributed by atoms with Crippen LogP contribution in [0.5, 0.6) is 5.75 Å². The first kappa shape index (κ1) is 11.7. The molecule has 0 aliphatic rings. The van der Waals surface area contributed by atoms with E-state index in [0.29, 0.717) is 0 Å². The predicted octanol–water partition coefficient (Wildman–Crippen LogP) is 2.02. The average molecular weight is 231 g/mol. The summed E-state index contributed by atoms with van der Waals surface area (Å²) in [5, 5.41) is 3.36. The molecule has 0 unspecified atom stereocenters. The van der Waals surface area contributed by atoms with E-state index in [2.05, 4.69) is 27.4 Å². The van der Waals surface area contributed by atoms with Gasteiger partial charge in [0.1, 0.15) is 5.75 Å². The summed E-state index contributed by atoms with van der Waals surface area (Å²) in [5.74, 6) is 0.886. The summed E-state index contributed by atoms with van der Waals surface area (Å²) in [6.45, 7) is 3.63. The van der Waals surface area contributed by atoms with E-state index in [-0.39, 0.29) is 0 Å². The van der Waals surface area contributed by atoms with Crippen molar-refractivity contribution in [2.24, 2.45) is 0 Å². The van der Waals surface area contributed by atoms with E-state index in [4.69, 9.17) is 4.74 Å². The highest BCUT2D eigenvalue weighted by Crippen LogP contribution is 2.11. The van der Waals surface area contributed by atoms with Crippen LogP contribution < -0.4 is 10.1 Å². The standard InChI is InChI=1S/C13H17N3O/c1-10-13(16-9-15-10)8-14-7-11-3-5-12(17-2)6-4-11/h3-6,9,14H,7-8H2,1-2H3,(H,15,16). The zero-order valence-electron chi connectivity index (χ0n) is 10.2. The molecule has 0 radical (unpaired) electrons. The molecular weight excluding hydrogens is 214 g/mol. The van der Waals surface area contributed by atoms with Gasteiger partial charge in [0, 0.05) is 18.8 Å². The van der Waals surface area contributed by atoms with Crippen molar-refractivity contribution >= 4 is 0 Å². The van der Waals surface area contributed by atoms with Crippen LogP contribution in [0.4, 0.5) is 0 Å². The molecular formula is C13H17N3O. The quantitative estimate of drug-likeness (QED) is 0.827. The van der Waals surface area contributed by atoms with Crippen LogP contribution in [-0.2, 0) is 13.1 Å². The molecule has 2 aromatic rings. The van der Waals surface area contributed by atoms with Gasteiger partial charge in [-0.05, 0) is 24.6 Å². The number of methoxy groups -OCH3 is 1. The summed E-state index contributed by atoms with van der Waals surface area (Å²) in [4.78, 5) is 7.30. The van der Waals surface area contributed by atoms with Gasteiger partial charge >= 0.3 is 0 Å². The van der Waals surface area contributed by atoms with Crippen molar-refractivity contribution in [2.75, 3.05) is 7.11 Å². The number of aryl methyl sites for hydroxylation is 1. The maximum atomic E-state index is 5.11. The van der Waals surface area contributed by atoms with Crippen molar-refractivity contribution in [3.05, 3.63) is 47.5 Å². The minimum absolute atomic E-state index is 0.779. The number of imidazole rings is 1. The normalized spacial score (nSPS) is 10.5. The first-order valence-corrected chi connectivity index (χ1v) is 5.62. The third-order valence-electron chi connectivity index (χ3n) is 2.71. The molecule has 90 valence electrons. The fourth-order valence-corrected chi connectivity index (χ4v) is 1.63. The van der Waals surface area contributed by atoms with E-state index in [1.807, 2.05) is 19.1 Å². The largest absolute Gasteiger partial charge is 0.497 e. The molecule has 1 aromatic carbocycles. The lowest BCUT2D eigenvalue weighted by molar-refractivity contribution is 0.414. The maximum Gasteiger partial charge on any atom is 0.118 e.